The number of nitrogens with one attached hydrogen (secondary N) is 2. The largest absolute Gasteiger partial charge is 0.492 e. The van der Waals surface area contributed by atoms with Crippen LogP contribution >= 0.6 is 0 Å². The summed E-state index contributed by atoms with van der Waals surface area (Å²) < 4.78 is 5.69. The Balaban J connectivity index is 2.30. The van der Waals surface area contributed by atoms with Gasteiger partial charge in [0.05, 0.1) is 6.04 Å². The molecule has 0 aliphatic rings. The summed E-state index contributed by atoms with van der Waals surface area (Å²) in [5.74, 6) is 0.890. The predicted molar refractivity (Wildman–Crippen MR) is 82.0 cm³/mol. The second-order valence-corrected chi connectivity index (χ2v) is 5.20. The van der Waals surface area contributed by atoms with E-state index in [2.05, 4.69) is 10.6 Å². The highest BCUT2D eigenvalue weighted by Gasteiger charge is 2.14. The number of carbonyl (C=O) groups excluding carboxylic acids is 1. The molecule has 1 aromatic rings. The number of amides is 1. The lowest BCUT2D eigenvalue weighted by Gasteiger charge is -2.20. The van der Waals surface area contributed by atoms with Gasteiger partial charge in [-0.05, 0) is 39.3 Å². The molecule has 0 aliphatic heterocycles. The van der Waals surface area contributed by atoms with Crippen molar-refractivity contribution in [3.8, 4) is 5.75 Å². The van der Waals surface area contributed by atoms with Crippen LogP contribution in [0.4, 0.5) is 0 Å². The van der Waals surface area contributed by atoms with E-state index in [4.69, 9.17) is 4.74 Å². The average Bonchev–Trinajstić information content (AvgIpc) is 2.44. The average molecular weight is 278 g/mol. The van der Waals surface area contributed by atoms with Crippen molar-refractivity contribution in [2.45, 2.75) is 46.2 Å². The second kappa shape index (κ2) is 8.59. The monoisotopic (exact) mass is 278 g/mol. The van der Waals surface area contributed by atoms with Crippen molar-refractivity contribution in [3.63, 3.8) is 0 Å². The third kappa shape index (κ3) is 6.06. The fraction of sp³-hybridized carbons (Fsp3) is 0.562. The van der Waals surface area contributed by atoms with Crippen LogP contribution < -0.4 is 15.4 Å². The molecule has 0 heterocycles. The van der Waals surface area contributed by atoms with Gasteiger partial charge in [-0.25, -0.2) is 0 Å². The van der Waals surface area contributed by atoms with Gasteiger partial charge in [0.1, 0.15) is 12.4 Å². The molecule has 1 amide bonds. The highest BCUT2D eigenvalue weighted by molar-refractivity contribution is 5.81. The zero-order chi connectivity index (χ0) is 15.0. The van der Waals surface area contributed by atoms with Crippen LogP contribution in [0.25, 0.3) is 0 Å². The van der Waals surface area contributed by atoms with Gasteiger partial charge in [0.2, 0.25) is 5.91 Å². The first-order valence-electron chi connectivity index (χ1n) is 7.26. The zero-order valence-electron chi connectivity index (χ0n) is 12.9. The topological polar surface area (TPSA) is 50.4 Å². The van der Waals surface area contributed by atoms with Gasteiger partial charge in [-0.1, -0.05) is 24.6 Å². The van der Waals surface area contributed by atoms with Crippen molar-refractivity contribution in [1.29, 1.82) is 0 Å². The van der Waals surface area contributed by atoms with Crippen LogP contribution in [-0.4, -0.2) is 31.1 Å². The lowest BCUT2D eigenvalue weighted by Crippen LogP contribution is -2.47. The molecule has 20 heavy (non-hydrogen) atoms. The molecule has 2 unspecified atom stereocenters. The third-order valence-electron chi connectivity index (χ3n) is 3.00. The Morgan fingerprint density at radius 3 is 2.50 bits per heavy atom. The van der Waals surface area contributed by atoms with E-state index in [0.29, 0.717) is 6.61 Å². The van der Waals surface area contributed by atoms with E-state index in [-0.39, 0.29) is 18.0 Å². The summed E-state index contributed by atoms with van der Waals surface area (Å²) >= 11 is 0. The van der Waals surface area contributed by atoms with Crippen molar-refractivity contribution in [3.05, 3.63) is 29.8 Å². The van der Waals surface area contributed by atoms with Crippen LogP contribution in [0.3, 0.4) is 0 Å². The predicted octanol–water partition coefficient (Wildman–Crippen LogP) is 2.27. The van der Waals surface area contributed by atoms with E-state index in [1.54, 1.807) is 0 Å². The number of hydrogen-bond acceptors (Lipinski definition) is 3. The fourth-order valence-corrected chi connectivity index (χ4v) is 1.81. The molecule has 0 fully saturated rings. The Bertz CT molecular complexity index is 403. The molecule has 0 radical (unpaired) electrons. The van der Waals surface area contributed by atoms with Crippen LogP contribution in [0.2, 0.25) is 0 Å². The Labute approximate surface area is 121 Å². The molecule has 4 nitrogen and oxygen atoms in total. The minimum atomic E-state index is -0.210. The number of rotatable bonds is 8. The summed E-state index contributed by atoms with van der Waals surface area (Å²) in [6, 6.07) is 7.86. The summed E-state index contributed by atoms with van der Waals surface area (Å²) in [5.41, 5.74) is 1.21. The highest BCUT2D eigenvalue weighted by atomic mass is 16.5. The van der Waals surface area contributed by atoms with Crippen LogP contribution in [-0.2, 0) is 4.79 Å². The van der Waals surface area contributed by atoms with E-state index in [9.17, 15) is 4.79 Å². The molecule has 112 valence electrons. The molecule has 2 atom stereocenters. The van der Waals surface area contributed by atoms with Crippen LogP contribution in [0.5, 0.6) is 5.75 Å². The molecule has 0 spiro atoms. The summed E-state index contributed by atoms with van der Waals surface area (Å²) in [6.45, 7) is 9.22. The molecule has 0 bridgehead atoms. The first kappa shape index (κ1) is 16.5. The minimum absolute atomic E-state index is 0.0361. The number of ether oxygens (including phenoxy) is 1. The molecule has 1 aromatic carbocycles. The molecule has 4 heteroatoms. The van der Waals surface area contributed by atoms with E-state index >= 15 is 0 Å². The van der Waals surface area contributed by atoms with E-state index in [1.807, 2.05) is 52.0 Å². The molecule has 2 N–H and O–H groups in total. The van der Waals surface area contributed by atoms with E-state index in [0.717, 1.165) is 18.7 Å². The zero-order valence-corrected chi connectivity index (χ0v) is 12.9. The van der Waals surface area contributed by atoms with Crippen molar-refractivity contribution >= 4 is 5.91 Å². The lowest BCUT2D eigenvalue weighted by molar-refractivity contribution is -0.122. The Morgan fingerprint density at radius 1 is 1.25 bits per heavy atom. The van der Waals surface area contributed by atoms with E-state index < -0.39 is 0 Å². The maximum absolute atomic E-state index is 11.7. The van der Waals surface area contributed by atoms with Crippen LogP contribution in [0.1, 0.15) is 32.8 Å². The normalized spacial score (nSPS) is 13.6. The third-order valence-corrected chi connectivity index (χ3v) is 3.00. The highest BCUT2D eigenvalue weighted by Crippen LogP contribution is 2.11. The first-order chi connectivity index (χ1) is 9.52. The number of benzene rings is 1. The lowest BCUT2D eigenvalue weighted by atomic mass is 10.2. The Morgan fingerprint density at radius 2 is 1.90 bits per heavy atom. The van der Waals surface area contributed by atoms with Crippen molar-refractivity contribution in [1.82, 2.24) is 10.6 Å². The minimum Gasteiger partial charge on any atom is -0.492 e. The summed E-state index contributed by atoms with van der Waals surface area (Å²) in [4.78, 5) is 11.7. The standard InChI is InChI=1S/C16H26N2O2/c1-5-10-17-16(19)14(4)18-13(3)11-20-15-8-6-12(2)7-9-15/h6-9,13-14,18H,5,10-11H2,1-4H3,(H,17,19). The SMILES string of the molecule is CCCNC(=O)C(C)NC(C)COc1ccc(C)cc1. The molecular formula is C16H26N2O2. The number of carbonyl (C=O) groups is 1. The Hall–Kier alpha value is -1.55. The second-order valence-electron chi connectivity index (χ2n) is 5.20. The molecule has 0 aromatic heterocycles. The summed E-state index contributed by atoms with van der Waals surface area (Å²) in [5, 5.41) is 6.11. The van der Waals surface area contributed by atoms with Gasteiger partial charge in [-0.15, -0.1) is 0 Å². The van der Waals surface area contributed by atoms with Crippen LogP contribution in [0.15, 0.2) is 24.3 Å². The maximum Gasteiger partial charge on any atom is 0.236 e. The summed E-state index contributed by atoms with van der Waals surface area (Å²) in [7, 11) is 0. The van der Waals surface area contributed by atoms with Crippen LogP contribution in [0, 0.1) is 6.92 Å². The number of hydrogen-bond donors (Lipinski definition) is 2. The first-order valence-corrected chi connectivity index (χ1v) is 7.26. The maximum atomic E-state index is 11.7. The smallest absolute Gasteiger partial charge is 0.236 e. The van der Waals surface area contributed by atoms with Gasteiger partial charge >= 0.3 is 0 Å². The molecule has 0 aliphatic carbocycles. The summed E-state index contributed by atoms with van der Waals surface area (Å²) in [6.07, 6.45) is 0.949. The van der Waals surface area contributed by atoms with E-state index in [1.165, 1.54) is 5.56 Å². The molecular weight excluding hydrogens is 252 g/mol. The van der Waals surface area contributed by atoms with Crippen molar-refractivity contribution < 1.29 is 9.53 Å². The van der Waals surface area contributed by atoms with Gasteiger partial charge in [-0.3, -0.25) is 4.79 Å². The molecule has 1 rings (SSSR count). The Kier molecular flexibility index (Phi) is 7.09. The fourth-order valence-electron chi connectivity index (χ4n) is 1.81. The molecule has 0 saturated carbocycles. The van der Waals surface area contributed by atoms with Gasteiger partial charge in [-0.2, -0.15) is 0 Å². The van der Waals surface area contributed by atoms with Crippen molar-refractivity contribution in [2.24, 2.45) is 0 Å². The number of aryl methyl sites for hydroxylation is 1. The molecule has 0 saturated heterocycles. The van der Waals surface area contributed by atoms with Gasteiger partial charge in [0, 0.05) is 12.6 Å². The van der Waals surface area contributed by atoms with Crippen molar-refractivity contribution in [2.75, 3.05) is 13.2 Å². The van der Waals surface area contributed by atoms with Gasteiger partial charge in [0.25, 0.3) is 0 Å². The van der Waals surface area contributed by atoms with Gasteiger partial charge in [0.15, 0.2) is 0 Å². The quantitative estimate of drug-likeness (QED) is 0.767. The van der Waals surface area contributed by atoms with Gasteiger partial charge < -0.3 is 15.4 Å².